The summed E-state index contributed by atoms with van der Waals surface area (Å²) in [5, 5.41) is 19.7. The highest BCUT2D eigenvalue weighted by Gasteiger charge is 2.16. The molecule has 0 radical (unpaired) electrons. The Hall–Kier alpha value is -2.15. The van der Waals surface area contributed by atoms with Crippen molar-refractivity contribution in [2.24, 2.45) is 0 Å². The first kappa shape index (κ1) is 15.9. The molecular weight excluding hydrogens is 260 g/mol. The van der Waals surface area contributed by atoms with Gasteiger partial charge in [0.15, 0.2) is 0 Å². The first-order chi connectivity index (χ1) is 9.45. The van der Waals surface area contributed by atoms with E-state index in [1.165, 1.54) is 13.1 Å². The molecule has 0 spiro atoms. The molecule has 0 fully saturated rings. The van der Waals surface area contributed by atoms with E-state index in [-0.39, 0.29) is 17.2 Å². The van der Waals surface area contributed by atoms with Crippen LogP contribution in [0.1, 0.15) is 24.2 Å². The minimum Gasteiger partial charge on any atom is -0.378 e. The van der Waals surface area contributed by atoms with Gasteiger partial charge in [0.2, 0.25) is 0 Å². The Morgan fingerprint density at radius 3 is 2.60 bits per heavy atom. The Morgan fingerprint density at radius 1 is 1.35 bits per heavy atom. The molecule has 0 aliphatic heterocycles. The number of amides is 1. The molecule has 0 saturated carbocycles. The summed E-state index contributed by atoms with van der Waals surface area (Å²) < 4.78 is 0. The van der Waals surface area contributed by atoms with E-state index in [4.69, 9.17) is 0 Å². The highest BCUT2D eigenvalue weighted by molar-refractivity contribution is 5.95. The van der Waals surface area contributed by atoms with Crippen molar-refractivity contribution in [2.75, 3.05) is 25.5 Å². The average Bonchev–Trinajstić information content (AvgIpc) is 2.42. The summed E-state index contributed by atoms with van der Waals surface area (Å²) >= 11 is 0. The van der Waals surface area contributed by atoms with Gasteiger partial charge in [0, 0.05) is 37.8 Å². The van der Waals surface area contributed by atoms with Gasteiger partial charge in [0.25, 0.3) is 11.6 Å². The number of carbonyl (C=O) groups is 1. The van der Waals surface area contributed by atoms with E-state index in [9.17, 15) is 14.9 Å². The number of nitro groups is 1. The van der Waals surface area contributed by atoms with Gasteiger partial charge >= 0.3 is 0 Å². The molecule has 110 valence electrons. The fraction of sp³-hybridized carbons (Fsp3) is 0.462. The molecule has 1 amide bonds. The smallest absolute Gasteiger partial charge is 0.293 e. The Morgan fingerprint density at radius 2 is 2.05 bits per heavy atom. The third-order valence-electron chi connectivity index (χ3n) is 2.68. The molecule has 20 heavy (non-hydrogen) atoms. The van der Waals surface area contributed by atoms with Gasteiger partial charge in [0.1, 0.15) is 5.69 Å². The van der Waals surface area contributed by atoms with E-state index >= 15 is 0 Å². The summed E-state index contributed by atoms with van der Waals surface area (Å²) in [5.74, 6) is -0.346. The molecule has 0 aliphatic rings. The van der Waals surface area contributed by atoms with Crippen molar-refractivity contribution >= 4 is 17.3 Å². The zero-order valence-corrected chi connectivity index (χ0v) is 11.9. The van der Waals surface area contributed by atoms with Crippen molar-refractivity contribution in [1.29, 1.82) is 0 Å². The van der Waals surface area contributed by atoms with E-state index in [0.29, 0.717) is 24.8 Å². The summed E-state index contributed by atoms with van der Waals surface area (Å²) in [7, 11) is 1.48. The fourth-order valence-corrected chi connectivity index (χ4v) is 1.68. The van der Waals surface area contributed by atoms with Gasteiger partial charge in [-0.2, -0.15) is 0 Å². The van der Waals surface area contributed by atoms with E-state index in [1.807, 2.05) is 13.8 Å². The maximum atomic E-state index is 11.5. The first-order valence-corrected chi connectivity index (χ1v) is 6.43. The number of benzene rings is 1. The predicted molar refractivity (Wildman–Crippen MR) is 78.1 cm³/mol. The van der Waals surface area contributed by atoms with Crippen LogP contribution < -0.4 is 16.0 Å². The van der Waals surface area contributed by atoms with Gasteiger partial charge in [-0.15, -0.1) is 0 Å². The SMILES string of the molecule is CNC(=O)c1ccc(NCCNC(C)C)c([N+](=O)[O-])c1. The van der Waals surface area contributed by atoms with Crippen molar-refractivity contribution in [2.45, 2.75) is 19.9 Å². The third-order valence-corrected chi connectivity index (χ3v) is 2.68. The topological polar surface area (TPSA) is 96.3 Å². The third kappa shape index (κ3) is 4.51. The van der Waals surface area contributed by atoms with Crippen LogP contribution in [0.4, 0.5) is 11.4 Å². The van der Waals surface area contributed by atoms with E-state index in [1.54, 1.807) is 12.1 Å². The maximum absolute atomic E-state index is 11.5. The maximum Gasteiger partial charge on any atom is 0.293 e. The summed E-state index contributed by atoms with van der Waals surface area (Å²) in [6.07, 6.45) is 0. The Labute approximate surface area is 117 Å². The lowest BCUT2D eigenvalue weighted by Gasteiger charge is -2.11. The van der Waals surface area contributed by atoms with Gasteiger partial charge in [-0.05, 0) is 12.1 Å². The minimum absolute atomic E-state index is 0.101. The van der Waals surface area contributed by atoms with Crippen molar-refractivity contribution in [3.8, 4) is 0 Å². The van der Waals surface area contributed by atoms with Crippen molar-refractivity contribution in [1.82, 2.24) is 10.6 Å². The molecule has 0 atom stereocenters. The molecule has 7 heteroatoms. The Bertz CT molecular complexity index is 489. The average molecular weight is 280 g/mol. The number of rotatable bonds is 7. The fourth-order valence-electron chi connectivity index (χ4n) is 1.68. The quantitative estimate of drug-likeness (QED) is 0.398. The second kappa shape index (κ2) is 7.44. The summed E-state index contributed by atoms with van der Waals surface area (Å²) in [6, 6.07) is 4.75. The van der Waals surface area contributed by atoms with Crippen LogP contribution >= 0.6 is 0 Å². The van der Waals surface area contributed by atoms with E-state index < -0.39 is 4.92 Å². The normalized spacial score (nSPS) is 10.4. The van der Waals surface area contributed by atoms with Crippen LogP contribution in [-0.4, -0.2) is 37.0 Å². The van der Waals surface area contributed by atoms with Crippen LogP contribution in [0.15, 0.2) is 18.2 Å². The Balaban J connectivity index is 2.80. The molecule has 0 aromatic heterocycles. The van der Waals surface area contributed by atoms with Gasteiger partial charge in [-0.1, -0.05) is 13.8 Å². The number of hydrogen-bond donors (Lipinski definition) is 3. The Kier molecular flexibility index (Phi) is 5.92. The minimum atomic E-state index is -0.495. The molecule has 1 rings (SSSR count). The van der Waals surface area contributed by atoms with Gasteiger partial charge in [-0.25, -0.2) is 0 Å². The summed E-state index contributed by atoms with van der Waals surface area (Å²) in [4.78, 5) is 22.0. The first-order valence-electron chi connectivity index (χ1n) is 6.43. The molecule has 1 aromatic rings. The van der Waals surface area contributed by atoms with Crippen LogP contribution in [-0.2, 0) is 0 Å². The van der Waals surface area contributed by atoms with Crippen molar-refractivity contribution in [3.63, 3.8) is 0 Å². The van der Waals surface area contributed by atoms with Gasteiger partial charge < -0.3 is 16.0 Å². The molecule has 3 N–H and O–H groups in total. The summed E-state index contributed by atoms with van der Waals surface area (Å²) in [5.41, 5.74) is 0.578. The molecule has 0 aliphatic carbocycles. The van der Waals surface area contributed by atoms with Crippen LogP contribution in [0.25, 0.3) is 0 Å². The number of anilines is 1. The zero-order chi connectivity index (χ0) is 15.1. The largest absolute Gasteiger partial charge is 0.378 e. The van der Waals surface area contributed by atoms with Crippen molar-refractivity contribution in [3.05, 3.63) is 33.9 Å². The highest BCUT2D eigenvalue weighted by atomic mass is 16.6. The second-order valence-electron chi connectivity index (χ2n) is 4.60. The van der Waals surface area contributed by atoms with Crippen LogP contribution in [0, 0.1) is 10.1 Å². The number of nitro benzene ring substituents is 1. The van der Waals surface area contributed by atoms with E-state index in [2.05, 4.69) is 16.0 Å². The molecular formula is C13H20N4O3. The van der Waals surface area contributed by atoms with Gasteiger partial charge in [-0.3, -0.25) is 14.9 Å². The zero-order valence-electron chi connectivity index (χ0n) is 11.9. The number of hydrogen-bond acceptors (Lipinski definition) is 5. The van der Waals surface area contributed by atoms with E-state index in [0.717, 1.165) is 0 Å². The standard InChI is InChI=1S/C13H20N4O3/c1-9(2)15-6-7-16-11-5-4-10(13(18)14-3)8-12(11)17(19)20/h4-5,8-9,15-16H,6-7H2,1-3H3,(H,14,18). The molecule has 0 heterocycles. The number of nitrogens with zero attached hydrogens (tertiary/aromatic N) is 1. The lowest BCUT2D eigenvalue weighted by molar-refractivity contribution is -0.384. The van der Waals surface area contributed by atoms with Crippen LogP contribution in [0.3, 0.4) is 0 Å². The molecule has 0 unspecified atom stereocenters. The monoisotopic (exact) mass is 280 g/mol. The van der Waals surface area contributed by atoms with Crippen molar-refractivity contribution < 1.29 is 9.72 Å². The lowest BCUT2D eigenvalue weighted by Crippen LogP contribution is -2.28. The summed E-state index contributed by atoms with van der Waals surface area (Å²) in [6.45, 7) is 5.32. The highest BCUT2D eigenvalue weighted by Crippen LogP contribution is 2.25. The number of carbonyl (C=O) groups excluding carboxylic acids is 1. The number of nitrogens with one attached hydrogen (secondary N) is 3. The molecule has 0 bridgehead atoms. The van der Waals surface area contributed by atoms with Crippen LogP contribution in [0.5, 0.6) is 0 Å². The second-order valence-corrected chi connectivity index (χ2v) is 4.60. The molecule has 7 nitrogen and oxygen atoms in total. The molecule has 1 aromatic carbocycles. The molecule has 0 saturated heterocycles. The lowest BCUT2D eigenvalue weighted by atomic mass is 10.1. The van der Waals surface area contributed by atoms with Crippen LogP contribution in [0.2, 0.25) is 0 Å². The van der Waals surface area contributed by atoms with Gasteiger partial charge in [0.05, 0.1) is 4.92 Å². The predicted octanol–water partition coefficient (Wildman–Crippen LogP) is 1.36.